The lowest BCUT2D eigenvalue weighted by atomic mass is 10.1. The average Bonchev–Trinajstić information content (AvgIpc) is 2.16. The van der Waals surface area contributed by atoms with E-state index in [1.54, 1.807) is 6.92 Å². The predicted octanol–water partition coefficient (Wildman–Crippen LogP) is 0.668. The van der Waals surface area contributed by atoms with Crippen molar-refractivity contribution in [1.82, 2.24) is 10.2 Å². The van der Waals surface area contributed by atoms with Gasteiger partial charge in [-0.3, -0.25) is 4.79 Å². The first-order chi connectivity index (χ1) is 6.56. The molecule has 1 rings (SSSR count). The number of hydrogen-bond acceptors (Lipinski definition) is 5. The van der Waals surface area contributed by atoms with Crippen molar-refractivity contribution in [2.75, 3.05) is 7.11 Å². The van der Waals surface area contributed by atoms with Crippen LogP contribution in [0.1, 0.15) is 17.3 Å². The summed E-state index contributed by atoms with van der Waals surface area (Å²) in [6, 6.07) is 0.767. The van der Waals surface area contributed by atoms with Crippen molar-refractivity contribution in [1.29, 1.82) is 0 Å². The molecule has 1 unspecified atom stereocenters. The number of hydrogen-bond donors (Lipinski definition) is 1. The first-order valence-corrected chi connectivity index (χ1v) is 4.31. The molecule has 76 valence electrons. The van der Waals surface area contributed by atoms with Crippen molar-refractivity contribution >= 4 is 17.4 Å². The normalized spacial score (nSPS) is 12.3. The molecule has 1 aromatic rings. The van der Waals surface area contributed by atoms with Crippen LogP contribution in [0, 0.1) is 0 Å². The molecule has 0 aliphatic rings. The zero-order valence-electron chi connectivity index (χ0n) is 7.82. The van der Waals surface area contributed by atoms with Gasteiger partial charge in [-0.1, -0.05) is 11.6 Å². The maximum atomic E-state index is 11.5. The average molecular weight is 216 g/mol. The highest BCUT2D eigenvalue weighted by atomic mass is 35.5. The molecule has 0 amide bonds. The van der Waals surface area contributed by atoms with E-state index in [1.807, 2.05) is 0 Å². The van der Waals surface area contributed by atoms with Gasteiger partial charge in [0.1, 0.15) is 0 Å². The summed E-state index contributed by atoms with van der Waals surface area (Å²) < 4.78 is 4.86. The van der Waals surface area contributed by atoms with Crippen LogP contribution < -0.4 is 10.5 Å². The Morgan fingerprint density at radius 1 is 1.64 bits per heavy atom. The van der Waals surface area contributed by atoms with Crippen molar-refractivity contribution in [3.05, 3.63) is 16.8 Å². The summed E-state index contributed by atoms with van der Waals surface area (Å²) in [6.07, 6.45) is 0. The molecule has 0 bridgehead atoms. The van der Waals surface area contributed by atoms with Gasteiger partial charge in [0.05, 0.1) is 18.7 Å². The fourth-order valence-electron chi connectivity index (χ4n) is 0.929. The van der Waals surface area contributed by atoms with Crippen LogP contribution in [-0.2, 0) is 0 Å². The lowest BCUT2D eigenvalue weighted by molar-refractivity contribution is 0.0964. The third-order valence-corrected chi connectivity index (χ3v) is 1.79. The molecule has 2 N–H and O–H groups in total. The van der Waals surface area contributed by atoms with Gasteiger partial charge in [-0.2, -0.15) is 0 Å². The second-order valence-corrected chi connectivity index (χ2v) is 3.13. The first kappa shape index (κ1) is 10.9. The van der Waals surface area contributed by atoms with Crippen LogP contribution in [0.3, 0.4) is 0 Å². The Kier molecular flexibility index (Phi) is 3.38. The van der Waals surface area contributed by atoms with Crippen molar-refractivity contribution in [3.63, 3.8) is 0 Å². The SMILES string of the molecule is COc1nnc(Cl)cc1C(=O)C(C)N. The zero-order chi connectivity index (χ0) is 10.7. The van der Waals surface area contributed by atoms with Crippen molar-refractivity contribution in [2.45, 2.75) is 13.0 Å². The summed E-state index contributed by atoms with van der Waals surface area (Å²) in [5.74, 6) is -0.143. The second-order valence-electron chi connectivity index (χ2n) is 2.74. The molecule has 0 spiro atoms. The Hall–Kier alpha value is -1.20. The molecule has 5 nitrogen and oxygen atoms in total. The number of methoxy groups -OCH3 is 1. The number of carbonyl (C=O) groups is 1. The minimum Gasteiger partial charge on any atom is -0.479 e. The smallest absolute Gasteiger partial charge is 0.244 e. The van der Waals surface area contributed by atoms with E-state index in [-0.39, 0.29) is 22.4 Å². The summed E-state index contributed by atoms with van der Waals surface area (Å²) in [5, 5.41) is 7.30. The Labute approximate surface area is 86.2 Å². The van der Waals surface area contributed by atoms with Crippen molar-refractivity contribution in [2.24, 2.45) is 5.73 Å². The number of ketones is 1. The Bertz CT molecular complexity index is 354. The molecule has 0 aliphatic heterocycles. The molecule has 0 saturated carbocycles. The third-order valence-electron chi connectivity index (χ3n) is 1.60. The van der Waals surface area contributed by atoms with E-state index in [2.05, 4.69) is 10.2 Å². The summed E-state index contributed by atoms with van der Waals surface area (Å²) in [7, 11) is 1.40. The summed E-state index contributed by atoms with van der Waals surface area (Å²) in [6.45, 7) is 1.58. The number of nitrogens with two attached hydrogens (primary N) is 1. The molecule has 0 radical (unpaired) electrons. The Balaban J connectivity index is 3.17. The molecular formula is C8H10ClN3O2. The van der Waals surface area contributed by atoms with E-state index in [0.29, 0.717) is 0 Å². The molecule has 1 aromatic heterocycles. The molecule has 0 saturated heterocycles. The molecular weight excluding hydrogens is 206 g/mol. The number of rotatable bonds is 3. The van der Waals surface area contributed by atoms with Crippen LogP contribution >= 0.6 is 11.6 Å². The number of carbonyl (C=O) groups excluding carboxylic acids is 1. The summed E-state index contributed by atoms with van der Waals surface area (Å²) >= 11 is 5.60. The Morgan fingerprint density at radius 3 is 2.79 bits per heavy atom. The monoisotopic (exact) mass is 215 g/mol. The lowest BCUT2D eigenvalue weighted by Crippen LogP contribution is -2.27. The van der Waals surface area contributed by atoms with Crippen molar-refractivity contribution < 1.29 is 9.53 Å². The standard InChI is InChI=1S/C8H10ClN3O2/c1-4(10)7(13)5-3-6(9)11-12-8(5)14-2/h3-4H,10H2,1-2H3. The van der Waals surface area contributed by atoms with Crippen LogP contribution in [0.2, 0.25) is 5.15 Å². The highest BCUT2D eigenvalue weighted by Gasteiger charge is 2.18. The van der Waals surface area contributed by atoms with E-state index in [1.165, 1.54) is 13.2 Å². The topological polar surface area (TPSA) is 78.1 Å². The van der Waals surface area contributed by atoms with Crippen LogP contribution in [0.15, 0.2) is 6.07 Å². The van der Waals surface area contributed by atoms with Crippen LogP contribution in [-0.4, -0.2) is 29.1 Å². The van der Waals surface area contributed by atoms with E-state index in [9.17, 15) is 4.79 Å². The fraction of sp³-hybridized carbons (Fsp3) is 0.375. The van der Waals surface area contributed by atoms with Gasteiger partial charge in [-0.15, -0.1) is 10.2 Å². The lowest BCUT2D eigenvalue weighted by Gasteiger charge is -2.07. The van der Waals surface area contributed by atoms with Gasteiger partial charge < -0.3 is 10.5 Å². The highest BCUT2D eigenvalue weighted by molar-refractivity contribution is 6.29. The van der Waals surface area contributed by atoms with Gasteiger partial charge in [0.15, 0.2) is 10.9 Å². The van der Waals surface area contributed by atoms with Gasteiger partial charge in [-0.25, -0.2) is 0 Å². The minimum atomic E-state index is -0.621. The molecule has 0 aromatic carbocycles. The van der Waals surface area contributed by atoms with Gasteiger partial charge in [0.25, 0.3) is 0 Å². The molecule has 0 aliphatic carbocycles. The maximum absolute atomic E-state index is 11.5. The van der Waals surface area contributed by atoms with E-state index in [4.69, 9.17) is 22.1 Å². The second kappa shape index (κ2) is 4.34. The predicted molar refractivity (Wildman–Crippen MR) is 51.6 cm³/mol. The van der Waals surface area contributed by atoms with Crippen LogP contribution in [0.25, 0.3) is 0 Å². The number of ether oxygens (including phenoxy) is 1. The maximum Gasteiger partial charge on any atom is 0.244 e. The minimum absolute atomic E-state index is 0.134. The summed E-state index contributed by atoms with van der Waals surface area (Å²) in [5.41, 5.74) is 5.70. The van der Waals surface area contributed by atoms with Crippen molar-refractivity contribution in [3.8, 4) is 5.88 Å². The molecule has 0 fully saturated rings. The van der Waals surface area contributed by atoms with Crippen LogP contribution in [0.5, 0.6) is 5.88 Å². The van der Waals surface area contributed by atoms with Gasteiger partial charge in [0.2, 0.25) is 5.88 Å². The molecule has 1 heterocycles. The zero-order valence-corrected chi connectivity index (χ0v) is 8.58. The van der Waals surface area contributed by atoms with E-state index in [0.717, 1.165) is 0 Å². The number of halogens is 1. The first-order valence-electron chi connectivity index (χ1n) is 3.93. The number of aromatic nitrogens is 2. The number of Topliss-reactive ketones (excluding diaryl/α,β-unsaturated/α-hetero) is 1. The van der Waals surface area contributed by atoms with E-state index >= 15 is 0 Å². The third kappa shape index (κ3) is 2.18. The molecule has 14 heavy (non-hydrogen) atoms. The number of nitrogens with zero attached hydrogens (tertiary/aromatic N) is 2. The van der Waals surface area contributed by atoms with Crippen LogP contribution in [0.4, 0.5) is 0 Å². The van der Waals surface area contributed by atoms with Gasteiger partial charge >= 0.3 is 0 Å². The Morgan fingerprint density at radius 2 is 2.29 bits per heavy atom. The van der Waals surface area contributed by atoms with Gasteiger partial charge in [0, 0.05) is 0 Å². The largest absolute Gasteiger partial charge is 0.479 e. The fourth-order valence-corrected chi connectivity index (χ4v) is 1.08. The summed E-state index contributed by atoms with van der Waals surface area (Å²) in [4.78, 5) is 11.5. The quantitative estimate of drug-likeness (QED) is 0.750. The highest BCUT2D eigenvalue weighted by Crippen LogP contribution is 2.18. The molecule has 1 atom stereocenters. The van der Waals surface area contributed by atoms with E-state index < -0.39 is 6.04 Å². The van der Waals surface area contributed by atoms with Gasteiger partial charge in [-0.05, 0) is 13.0 Å². The molecule has 6 heteroatoms.